The van der Waals surface area contributed by atoms with E-state index in [4.69, 9.17) is 0 Å². The second kappa shape index (κ2) is 3.52. The van der Waals surface area contributed by atoms with E-state index in [-0.39, 0.29) is 0 Å². The van der Waals surface area contributed by atoms with Gasteiger partial charge in [-0.3, -0.25) is 4.68 Å². The molecule has 72 valence electrons. The van der Waals surface area contributed by atoms with Gasteiger partial charge in [-0.1, -0.05) is 13.8 Å². The highest BCUT2D eigenvalue weighted by molar-refractivity contribution is 5.09. The van der Waals surface area contributed by atoms with Crippen LogP contribution in [-0.4, -0.2) is 9.78 Å². The Morgan fingerprint density at radius 1 is 1.62 bits per heavy atom. The molecule has 0 saturated heterocycles. The summed E-state index contributed by atoms with van der Waals surface area (Å²) in [5.74, 6) is 1.56. The second-order valence-electron chi connectivity index (χ2n) is 4.45. The van der Waals surface area contributed by atoms with Gasteiger partial charge in [0.2, 0.25) is 0 Å². The summed E-state index contributed by atoms with van der Waals surface area (Å²) in [5, 5.41) is 4.33. The Labute approximate surface area is 80.0 Å². The predicted molar refractivity (Wildman–Crippen MR) is 53.7 cm³/mol. The van der Waals surface area contributed by atoms with Gasteiger partial charge in [0, 0.05) is 24.4 Å². The Morgan fingerprint density at radius 2 is 2.46 bits per heavy atom. The minimum absolute atomic E-state index is 0.760. The zero-order valence-corrected chi connectivity index (χ0v) is 8.53. The number of hydrogen-bond acceptors (Lipinski definition) is 1. The third kappa shape index (κ3) is 1.77. The molecular formula is C11H18N2. The van der Waals surface area contributed by atoms with Crippen molar-refractivity contribution in [2.75, 3.05) is 0 Å². The molecule has 2 heterocycles. The summed E-state index contributed by atoms with van der Waals surface area (Å²) in [6.45, 7) is 5.72. The normalized spacial score (nSPS) is 21.9. The summed E-state index contributed by atoms with van der Waals surface area (Å²) in [4.78, 5) is 0. The molecule has 0 N–H and O–H groups in total. The Hall–Kier alpha value is -0.790. The average molecular weight is 178 g/mol. The first kappa shape index (κ1) is 8.79. The fraction of sp³-hybridized carbons (Fsp3) is 0.727. The van der Waals surface area contributed by atoms with Gasteiger partial charge in [0.05, 0.1) is 0 Å². The molecule has 0 saturated carbocycles. The maximum Gasteiger partial charge on any atom is 0.0492 e. The van der Waals surface area contributed by atoms with Gasteiger partial charge in [0.1, 0.15) is 0 Å². The molecule has 0 amide bonds. The van der Waals surface area contributed by atoms with Crippen LogP contribution in [0, 0.1) is 5.92 Å². The molecule has 0 aromatic carbocycles. The minimum Gasteiger partial charge on any atom is -0.269 e. The summed E-state index contributed by atoms with van der Waals surface area (Å²) in [6, 6.07) is 2.19. The lowest BCUT2D eigenvalue weighted by Crippen LogP contribution is -2.17. The van der Waals surface area contributed by atoms with E-state index >= 15 is 0 Å². The van der Waals surface area contributed by atoms with Crippen LogP contribution < -0.4 is 0 Å². The van der Waals surface area contributed by atoms with Crippen LogP contribution in [0.3, 0.4) is 0 Å². The van der Waals surface area contributed by atoms with Crippen molar-refractivity contribution in [3.05, 3.63) is 18.0 Å². The van der Waals surface area contributed by atoms with Crippen LogP contribution in [0.5, 0.6) is 0 Å². The molecule has 2 nitrogen and oxygen atoms in total. The van der Waals surface area contributed by atoms with Crippen molar-refractivity contribution in [3.63, 3.8) is 0 Å². The summed E-state index contributed by atoms with van der Waals surface area (Å²) in [7, 11) is 0. The number of hydrogen-bond donors (Lipinski definition) is 0. The Bertz CT molecular complexity index is 275. The fourth-order valence-electron chi connectivity index (χ4n) is 2.32. The van der Waals surface area contributed by atoms with E-state index in [0.29, 0.717) is 0 Å². The molecule has 1 unspecified atom stereocenters. The highest BCUT2D eigenvalue weighted by atomic mass is 15.3. The number of nitrogens with zero attached hydrogens (tertiary/aromatic N) is 2. The lowest BCUT2D eigenvalue weighted by Gasteiger charge is -2.24. The standard InChI is InChI=1S/C11H18N2/c1-9(2)8-10-4-3-7-13-11(10)5-6-12-13/h5-6,9-10H,3-4,7-8H2,1-2H3. The zero-order valence-electron chi connectivity index (χ0n) is 8.53. The fourth-order valence-corrected chi connectivity index (χ4v) is 2.32. The number of fused-ring (bicyclic) bond motifs is 1. The van der Waals surface area contributed by atoms with Gasteiger partial charge < -0.3 is 0 Å². The topological polar surface area (TPSA) is 17.8 Å². The maximum atomic E-state index is 4.33. The molecule has 1 aliphatic heterocycles. The van der Waals surface area contributed by atoms with Crippen molar-refractivity contribution in [1.29, 1.82) is 0 Å². The molecule has 2 heteroatoms. The van der Waals surface area contributed by atoms with Crippen molar-refractivity contribution >= 4 is 0 Å². The lowest BCUT2D eigenvalue weighted by molar-refractivity contribution is 0.376. The van der Waals surface area contributed by atoms with E-state index in [1.165, 1.54) is 25.0 Å². The van der Waals surface area contributed by atoms with E-state index in [1.807, 2.05) is 6.20 Å². The lowest BCUT2D eigenvalue weighted by atomic mass is 9.88. The first-order valence-corrected chi connectivity index (χ1v) is 5.29. The van der Waals surface area contributed by atoms with Crippen LogP contribution in [0.1, 0.15) is 44.7 Å². The van der Waals surface area contributed by atoms with Gasteiger partial charge in [-0.15, -0.1) is 0 Å². The SMILES string of the molecule is CC(C)CC1CCCn2nccc21. The number of aromatic nitrogens is 2. The Morgan fingerprint density at radius 3 is 3.23 bits per heavy atom. The van der Waals surface area contributed by atoms with Gasteiger partial charge >= 0.3 is 0 Å². The van der Waals surface area contributed by atoms with Crippen LogP contribution >= 0.6 is 0 Å². The highest BCUT2D eigenvalue weighted by Gasteiger charge is 2.20. The molecule has 0 spiro atoms. The molecule has 1 aromatic rings. The van der Waals surface area contributed by atoms with Crippen molar-refractivity contribution < 1.29 is 0 Å². The van der Waals surface area contributed by atoms with Gasteiger partial charge in [0.15, 0.2) is 0 Å². The zero-order chi connectivity index (χ0) is 9.26. The molecule has 0 bridgehead atoms. The van der Waals surface area contributed by atoms with E-state index in [2.05, 4.69) is 29.7 Å². The first-order valence-electron chi connectivity index (χ1n) is 5.29. The molecule has 1 atom stereocenters. The van der Waals surface area contributed by atoms with Crippen molar-refractivity contribution in [3.8, 4) is 0 Å². The van der Waals surface area contributed by atoms with Gasteiger partial charge in [0.25, 0.3) is 0 Å². The van der Waals surface area contributed by atoms with Gasteiger partial charge in [-0.25, -0.2) is 0 Å². The molecule has 0 radical (unpaired) electrons. The molecule has 2 rings (SSSR count). The van der Waals surface area contributed by atoms with E-state index < -0.39 is 0 Å². The third-order valence-corrected chi connectivity index (χ3v) is 2.85. The molecule has 13 heavy (non-hydrogen) atoms. The molecule has 1 aliphatic rings. The summed E-state index contributed by atoms with van der Waals surface area (Å²) in [5.41, 5.74) is 1.46. The highest BCUT2D eigenvalue weighted by Crippen LogP contribution is 2.31. The monoisotopic (exact) mass is 178 g/mol. The third-order valence-electron chi connectivity index (χ3n) is 2.85. The van der Waals surface area contributed by atoms with Gasteiger partial charge in [-0.2, -0.15) is 5.10 Å². The van der Waals surface area contributed by atoms with Crippen molar-refractivity contribution in [2.45, 2.75) is 45.6 Å². The quantitative estimate of drug-likeness (QED) is 0.681. The van der Waals surface area contributed by atoms with E-state index in [9.17, 15) is 0 Å². The van der Waals surface area contributed by atoms with Crippen LogP contribution in [-0.2, 0) is 6.54 Å². The average Bonchev–Trinajstić information content (AvgIpc) is 2.51. The molecular weight excluding hydrogens is 160 g/mol. The second-order valence-corrected chi connectivity index (χ2v) is 4.45. The van der Waals surface area contributed by atoms with Crippen molar-refractivity contribution in [1.82, 2.24) is 9.78 Å². The van der Waals surface area contributed by atoms with E-state index in [0.717, 1.165) is 18.4 Å². The van der Waals surface area contributed by atoms with Crippen LogP contribution in [0.15, 0.2) is 12.3 Å². The first-order chi connectivity index (χ1) is 6.27. The molecule has 0 aliphatic carbocycles. The molecule has 1 aromatic heterocycles. The summed E-state index contributed by atoms with van der Waals surface area (Å²) < 4.78 is 2.18. The van der Waals surface area contributed by atoms with Crippen molar-refractivity contribution in [2.24, 2.45) is 5.92 Å². The number of aryl methyl sites for hydroxylation is 1. The number of rotatable bonds is 2. The van der Waals surface area contributed by atoms with Gasteiger partial charge in [-0.05, 0) is 31.2 Å². The van der Waals surface area contributed by atoms with E-state index in [1.54, 1.807) is 0 Å². The van der Waals surface area contributed by atoms with Crippen LogP contribution in [0.2, 0.25) is 0 Å². The predicted octanol–water partition coefficient (Wildman–Crippen LogP) is 2.81. The smallest absolute Gasteiger partial charge is 0.0492 e. The summed E-state index contributed by atoms with van der Waals surface area (Å²) in [6.07, 6.45) is 5.90. The Kier molecular flexibility index (Phi) is 2.38. The van der Waals surface area contributed by atoms with Crippen LogP contribution in [0.4, 0.5) is 0 Å². The Balaban J connectivity index is 2.15. The molecule has 0 fully saturated rings. The van der Waals surface area contributed by atoms with Crippen LogP contribution in [0.25, 0.3) is 0 Å². The minimum atomic E-state index is 0.760. The largest absolute Gasteiger partial charge is 0.269 e. The summed E-state index contributed by atoms with van der Waals surface area (Å²) >= 11 is 0. The maximum absolute atomic E-state index is 4.33.